The number of aliphatic imine (C=N–C) groups is 1. The molecule has 0 unspecified atom stereocenters. The van der Waals surface area contributed by atoms with E-state index in [1.807, 2.05) is 40.0 Å². The van der Waals surface area contributed by atoms with E-state index >= 15 is 0 Å². The molecule has 0 amide bonds. The van der Waals surface area contributed by atoms with Gasteiger partial charge in [-0.2, -0.15) is 0 Å². The molecule has 1 aliphatic heterocycles. The first-order valence-electron chi connectivity index (χ1n) is 7.86. The van der Waals surface area contributed by atoms with Crippen LogP contribution < -0.4 is 11.2 Å². The van der Waals surface area contributed by atoms with E-state index in [9.17, 15) is 9.59 Å². The van der Waals surface area contributed by atoms with Gasteiger partial charge in [-0.15, -0.1) is 0 Å². The van der Waals surface area contributed by atoms with E-state index in [-0.39, 0.29) is 22.3 Å². The zero-order valence-electron chi connectivity index (χ0n) is 15.7. The molecule has 6 nitrogen and oxygen atoms in total. The minimum absolute atomic E-state index is 0.0672. The summed E-state index contributed by atoms with van der Waals surface area (Å²) < 4.78 is 1.48. The number of aromatic amines is 1. The van der Waals surface area contributed by atoms with Crippen molar-refractivity contribution in [3.63, 3.8) is 0 Å². The number of allylic oxidation sites excluding steroid dienone is 1. The standard InChI is InChI=1S/C10H16N2.C8H12N2O2/c1-8-6-7-12(9(2)11-8)10(3,4)5;1-8(2,3)10-5-4-6(11)9-7(10)12/h6-7H,2H2,1,3-5H3;4-5H,1-3H3,(H,9,11,12). The molecule has 1 aliphatic rings. The molecule has 0 aromatic carbocycles. The van der Waals surface area contributed by atoms with Gasteiger partial charge in [0.2, 0.25) is 0 Å². The molecule has 1 aromatic heterocycles. The summed E-state index contributed by atoms with van der Waals surface area (Å²) in [7, 11) is 0. The molecule has 1 N–H and O–H groups in total. The van der Waals surface area contributed by atoms with E-state index in [0.29, 0.717) is 0 Å². The van der Waals surface area contributed by atoms with Gasteiger partial charge in [0.1, 0.15) is 5.82 Å². The van der Waals surface area contributed by atoms with Crippen LogP contribution in [-0.4, -0.2) is 25.7 Å². The Morgan fingerprint density at radius 3 is 2.08 bits per heavy atom. The Balaban J connectivity index is 0.000000240. The third-order valence-corrected chi connectivity index (χ3v) is 3.32. The van der Waals surface area contributed by atoms with Crippen molar-refractivity contribution in [1.29, 1.82) is 0 Å². The van der Waals surface area contributed by atoms with E-state index in [1.54, 1.807) is 0 Å². The van der Waals surface area contributed by atoms with Crippen LogP contribution in [0.5, 0.6) is 0 Å². The quantitative estimate of drug-likeness (QED) is 0.794. The maximum atomic E-state index is 11.2. The summed E-state index contributed by atoms with van der Waals surface area (Å²) in [5.74, 6) is 0.822. The second-order valence-corrected chi connectivity index (χ2v) is 7.68. The van der Waals surface area contributed by atoms with E-state index in [2.05, 4.69) is 42.2 Å². The Morgan fingerprint density at radius 2 is 1.67 bits per heavy atom. The number of rotatable bonds is 0. The predicted octanol–water partition coefficient (Wildman–Crippen LogP) is 2.84. The first kappa shape index (κ1) is 19.7. The monoisotopic (exact) mass is 332 g/mol. The summed E-state index contributed by atoms with van der Waals surface area (Å²) in [6.07, 6.45) is 5.53. The van der Waals surface area contributed by atoms with Gasteiger partial charge in [0.25, 0.3) is 5.56 Å². The highest BCUT2D eigenvalue weighted by Crippen LogP contribution is 2.22. The van der Waals surface area contributed by atoms with E-state index < -0.39 is 0 Å². The lowest BCUT2D eigenvalue weighted by atomic mass is 10.1. The van der Waals surface area contributed by atoms with Crippen LogP contribution in [0, 0.1) is 0 Å². The molecular formula is C18H28N4O2. The lowest BCUT2D eigenvalue weighted by molar-refractivity contribution is 0.256. The summed E-state index contributed by atoms with van der Waals surface area (Å²) in [4.78, 5) is 30.5. The van der Waals surface area contributed by atoms with Crippen LogP contribution in [-0.2, 0) is 5.54 Å². The topological polar surface area (TPSA) is 70.5 Å². The predicted molar refractivity (Wildman–Crippen MR) is 99.3 cm³/mol. The lowest BCUT2D eigenvalue weighted by Crippen LogP contribution is -2.37. The van der Waals surface area contributed by atoms with Crippen molar-refractivity contribution < 1.29 is 0 Å². The number of H-pyrrole nitrogens is 1. The van der Waals surface area contributed by atoms with Crippen molar-refractivity contribution in [1.82, 2.24) is 14.5 Å². The Morgan fingerprint density at radius 1 is 1.08 bits per heavy atom. The first-order valence-corrected chi connectivity index (χ1v) is 7.86. The van der Waals surface area contributed by atoms with Gasteiger partial charge in [-0.1, -0.05) is 6.58 Å². The maximum Gasteiger partial charge on any atom is 0.328 e. The minimum atomic E-state index is -0.366. The molecule has 2 rings (SSSR count). The second-order valence-electron chi connectivity index (χ2n) is 7.68. The fraction of sp³-hybridized carbons (Fsp3) is 0.500. The fourth-order valence-corrected chi connectivity index (χ4v) is 2.12. The van der Waals surface area contributed by atoms with Crippen molar-refractivity contribution in [2.75, 3.05) is 0 Å². The van der Waals surface area contributed by atoms with Crippen LogP contribution in [0.4, 0.5) is 0 Å². The largest absolute Gasteiger partial charge is 0.328 e. The van der Waals surface area contributed by atoms with E-state index in [0.717, 1.165) is 11.5 Å². The fourth-order valence-electron chi connectivity index (χ4n) is 2.12. The summed E-state index contributed by atoms with van der Waals surface area (Å²) in [5.41, 5.74) is 0.0648. The second kappa shape index (κ2) is 7.03. The molecule has 1 aromatic rings. The molecule has 0 saturated carbocycles. The minimum Gasteiger partial charge on any atom is -0.328 e. The van der Waals surface area contributed by atoms with Crippen LogP contribution in [0.2, 0.25) is 0 Å². The molecule has 0 aliphatic carbocycles. The van der Waals surface area contributed by atoms with Crippen molar-refractivity contribution >= 4 is 5.71 Å². The average Bonchev–Trinajstić information content (AvgIpc) is 2.35. The van der Waals surface area contributed by atoms with Crippen molar-refractivity contribution in [2.45, 2.75) is 59.5 Å². The molecule has 0 bridgehead atoms. The van der Waals surface area contributed by atoms with E-state index in [1.165, 1.54) is 16.8 Å². The number of hydrogen-bond donors (Lipinski definition) is 1. The third kappa shape index (κ3) is 5.37. The Hall–Kier alpha value is -2.37. The molecule has 6 heteroatoms. The lowest BCUT2D eigenvalue weighted by Gasteiger charge is -2.35. The molecule has 0 radical (unpaired) electrons. The van der Waals surface area contributed by atoms with Crippen LogP contribution in [0.25, 0.3) is 0 Å². The van der Waals surface area contributed by atoms with Gasteiger partial charge >= 0.3 is 5.69 Å². The van der Waals surface area contributed by atoms with E-state index in [4.69, 9.17) is 0 Å². The molecule has 0 saturated heterocycles. The van der Waals surface area contributed by atoms with Crippen LogP contribution in [0.1, 0.15) is 48.5 Å². The normalized spacial score (nSPS) is 14.9. The van der Waals surface area contributed by atoms with Crippen LogP contribution in [0.15, 0.2) is 51.5 Å². The number of hydrogen-bond acceptors (Lipinski definition) is 4. The zero-order valence-corrected chi connectivity index (χ0v) is 15.7. The van der Waals surface area contributed by atoms with Gasteiger partial charge in [-0.25, -0.2) is 9.79 Å². The summed E-state index contributed by atoms with van der Waals surface area (Å²) in [6.45, 7) is 18.0. The molecule has 0 atom stereocenters. The maximum absolute atomic E-state index is 11.2. The SMILES string of the molecule is C=C1N=C(C)C=CN1C(C)(C)C.CC(C)(C)n1ccc(=O)[nH]c1=O. The molecule has 132 valence electrons. The number of aromatic nitrogens is 2. The van der Waals surface area contributed by atoms with Crippen molar-refractivity contribution in [3.05, 3.63) is 57.8 Å². The van der Waals surface area contributed by atoms with Crippen molar-refractivity contribution in [2.24, 2.45) is 4.99 Å². The highest BCUT2D eigenvalue weighted by Gasteiger charge is 2.21. The molecule has 0 fully saturated rings. The summed E-state index contributed by atoms with van der Waals surface area (Å²) in [6, 6.07) is 1.34. The highest BCUT2D eigenvalue weighted by molar-refractivity contribution is 5.94. The van der Waals surface area contributed by atoms with Gasteiger partial charge < -0.3 is 4.90 Å². The van der Waals surface area contributed by atoms with Gasteiger partial charge in [0.05, 0.1) is 0 Å². The third-order valence-electron chi connectivity index (χ3n) is 3.32. The first-order chi connectivity index (χ1) is 10.8. The molecular weight excluding hydrogens is 304 g/mol. The zero-order chi connectivity index (χ0) is 18.7. The number of nitrogens with zero attached hydrogens (tertiary/aromatic N) is 3. The smallest absolute Gasteiger partial charge is 0.328 e. The highest BCUT2D eigenvalue weighted by atomic mass is 16.2. The molecule has 0 spiro atoms. The average molecular weight is 332 g/mol. The van der Waals surface area contributed by atoms with Gasteiger partial charge in [-0.05, 0) is 54.5 Å². The Bertz CT molecular complexity index is 768. The van der Waals surface area contributed by atoms with Gasteiger partial charge in [0, 0.05) is 35.3 Å². The number of nitrogens with one attached hydrogen (secondary N) is 1. The van der Waals surface area contributed by atoms with Crippen LogP contribution >= 0.6 is 0 Å². The molecule has 2 heterocycles. The molecule has 24 heavy (non-hydrogen) atoms. The Kier molecular flexibility index (Phi) is 5.76. The Labute approximate surface area is 143 Å². The van der Waals surface area contributed by atoms with Crippen molar-refractivity contribution in [3.8, 4) is 0 Å². The summed E-state index contributed by atoms with van der Waals surface area (Å²) in [5, 5.41) is 0. The summed E-state index contributed by atoms with van der Waals surface area (Å²) >= 11 is 0. The van der Waals surface area contributed by atoms with Gasteiger partial charge in [-0.3, -0.25) is 14.3 Å². The van der Waals surface area contributed by atoms with Gasteiger partial charge in [0.15, 0.2) is 0 Å². The van der Waals surface area contributed by atoms with Crippen LogP contribution in [0.3, 0.4) is 0 Å².